The molecule has 3 aromatic rings. The molecule has 0 spiro atoms. The van der Waals surface area contributed by atoms with Gasteiger partial charge in [0.2, 0.25) is 5.91 Å². The van der Waals surface area contributed by atoms with Crippen molar-refractivity contribution in [2.24, 2.45) is 5.73 Å². The highest BCUT2D eigenvalue weighted by atomic mass is 16.5. The van der Waals surface area contributed by atoms with Crippen molar-refractivity contribution >= 4 is 17.4 Å². The summed E-state index contributed by atoms with van der Waals surface area (Å²) in [5, 5.41) is 0. The summed E-state index contributed by atoms with van der Waals surface area (Å²) in [6.45, 7) is 8.33. The average molecular weight is 525 g/mol. The molecule has 1 fully saturated rings. The molecule has 2 aromatic carbocycles. The highest BCUT2D eigenvalue weighted by molar-refractivity contribution is 5.87. The summed E-state index contributed by atoms with van der Waals surface area (Å²) in [7, 11) is 0. The van der Waals surface area contributed by atoms with Crippen molar-refractivity contribution in [2.45, 2.75) is 44.9 Å². The molecule has 1 aliphatic carbocycles. The zero-order valence-electron chi connectivity index (χ0n) is 22.4. The second-order valence-corrected chi connectivity index (χ2v) is 10.6. The lowest BCUT2D eigenvalue weighted by Gasteiger charge is -2.38. The number of aromatic nitrogens is 2. The molecule has 8 nitrogen and oxygen atoms in total. The Morgan fingerprint density at radius 2 is 1.85 bits per heavy atom. The van der Waals surface area contributed by atoms with Crippen LogP contribution in [0.5, 0.6) is 6.01 Å². The van der Waals surface area contributed by atoms with Crippen LogP contribution in [0.1, 0.15) is 34.4 Å². The normalized spacial score (nSPS) is 18.5. The van der Waals surface area contributed by atoms with Crippen molar-refractivity contribution in [1.82, 2.24) is 14.9 Å². The molecule has 1 unspecified atom stereocenters. The van der Waals surface area contributed by atoms with Gasteiger partial charge >= 0.3 is 6.01 Å². The van der Waals surface area contributed by atoms with Crippen LogP contribution in [0.2, 0.25) is 0 Å². The van der Waals surface area contributed by atoms with Gasteiger partial charge in [0.1, 0.15) is 12.4 Å². The SMILES string of the molecule is C=CC(=O)N1CCN(c2nc(OCc3cccc(CN)c3)nc3c2CCC(N2CCc4ccccc42)C3)CC1. The summed E-state index contributed by atoms with van der Waals surface area (Å²) in [4.78, 5) is 28.8. The number of rotatable bonds is 7. The van der Waals surface area contributed by atoms with Gasteiger partial charge in [-0.15, -0.1) is 0 Å². The van der Waals surface area contributed by atoms with E-state index in [9.17, 15) is 4.79 Å². The first kappa shape index (κ1) is 25.4. The van der Waals surface area contributed by atoms with E-state index in [-0.39, 0.29) is 5.91 Å². The fraction of sp³-hybridized carbons (Fsp3) is 0.387. The number of benzene rings is 2. The van der Waals surface area contributed by atoms with Crippen LogP contribution < -0.4 is 20.3 Å². The van der Waals surface area contributed by atoms with Gasteiger partial charge in [-0.1, -0.05) is 49.0 Å². The van der Waals surface area contributed by atoms with Crippen LogP contribution in [-0.4, -0.2) is 59.5 Å². The molecular formula is C31H36N6O2. The maximum atomic E-state index is 12.1. The van der Waals surface area contributed by atoms with Gasteiger partial charge in [0.05, 0.1) is 5.69 Å². The van der Waals surface area contributed by atoms with Crippen LogP contribution in [0.3, 0.4) is 0 Å². The minimum atomic E-state index is -0.0168. The van der Waals surface area contributed by atoms with E-state index in [4.69, 9.17) is 20.4 Å². The Labute approximate surface area is 230 Å². The number of hydrogen-bond donors (Lipinski definition) is 1. The van der Waals surface area contributed by atoms with Crippen molar-refractivity contribution in [2.75, 3.05) is 42.5 Å². The second kappa shape index (κ2) is 11.1. The van der Waals surface area contributed by atoms with Crippen molar-refractivity contribution in [1.29, 1.82) is 0 Å². The fourth-order valence-corrected chi connectivity index (χ4v) is 6.15. The van der Waals surface area contributed by atoms with E-state index in [1.165, 1.54) is 22.9 Å². The van der Waals surface area contributed by atoms with Crippen LogP contribution in [0, 0.1) is 0 Å². The molecule has 1 amide bonds. The van der Waals surface area contributed by atoms with Gasteiger partial charge in [-0.25, -0.2) is 0 Å². The van der Waals surface area contributed by atoms with Crippen LogP contribution in [0.25, 0.3) is 0 Å². The lowest BCUT2D eigenvalue weighted by atomic mass is 9.90. The third-order valence-electron chi connectivity index (χ3n) is 8.23. The van der Waals surface area contributed by atoms with Crippen molar-refractivity contribution < 1.29 is 9.53 Å². The number of para-hydroxylation sites is 1. The van der Waals surface area contributed by atoms with Gasteiger partial charge in [0.25, 0.3) is 0 Å². The highest BCUT2D eigenvalue weighted by Gasteiger charge is 2.33. The third-order valence-corrected chi connectivity index (χ3v) is 8.23. The first-order valence-corrected chi connectivity index (χ1v) is 13.9. The number of carbonyl (C=O) groups is 1. The summed E-state index contributed by atoms with van der Waals surface area (Å²) in [5.41, 5.74) is 13.0. The largest absolute Gasteiger partial charge is 0.459 e. The van der Waals surface area contributed by atoms with Crippen molar-refractivity contribution in [3.63, 3.8) is 0 Å². The first-order valence-electron chi connectivity index (χ1n) is 13.9. The maximum Gasteiger partial charge on any atom is 0.318 e. The Morgan fingerprint density at radius 3 is 2.67 bits per heavy atom. The van der Waals surface area contributed by atoms with E-state index in [1.54, 1.807) is 0 Å². The molecule has 202 valence electrons. The molecule has 3 aliphatic rings. The molecule has 2 N–H and O–H groups in total. The molecule has 0 bridgehead atoms. The maximum absolute atomic E-state index is 12.1. The van der Waals surface area contributed by atoms with Crippen LogP contribution in [-0.2, 0) is 37.2 Å². The van der Waals surface area contributed by atoms with Gasteiger partial charge in [-0.3, -0.25) is 4.79 Å². The summed E-state index contributed by atoms with van der Waals surface area (Å²) in [6, 6.07) is 17.7. The standard InChI is InChI=1S/C31H36N6O2/c1-2-29(38)35-14-16-36(17-15-35)30-26-11-10-25(37-13-12-24-8-3-4-9-28(24)37)19-27(26)33-31(34-30)39-21-23-7-5-6-22(18-23)20-32/h2-9,18,25H,1,10-17,19-21,32H2. The first-order chi connectivity index (χ1) is 19.1. The van der Waals surface area contributed by atoms with Gasteiger partial charge in [0.15, 0.2) is 0 Å². The monoisotopic (exact) mass is 524 g/mol. The minimum Gasteiger partial charge on any atom is -0.459 e. The van der Waals surface area contributed by atoms with Crippen LogP contribution in [0.15, 0.2) is 61.2 Å². The Bertz CT molecular complexity index is 1370. The number of piperazine rings is 1. The molecule has 1 saturated heterocycles. The average Bonchev–Trinajstić information content (AvgIpc) is 3.43. The minimum absolute atomic E-state index is 0.0168. The number of nitrogens with zero attached hydrogens (tertiary/aromatic N) is 5. The molecule has 1 atom stereocenters. The van der Waals surface area contributed by atoms with Gasteiger partial charge in [0, 0.05) is 63.0 Å². The van der Waals surface area contributed by atoms with E-state index in [2.05, 4.69) is 46.7 Å². The predicted molar refractivity (Wildman–Crippen MR) is 153 cm³/mol. The Hall–Kier alpha value is -3.91. The van der Waals surface area contributed by atoms with E-state index >= 15 is 0 Å². The highest BCUT2D eigenvalue weighted by Crippen LogP contribution is 2.36. The van der Waals surface area contributed by atoms with Gasteiger partial charge < -0.3 is 25.2 Å². The zero-order valence-corrected chi connectivity index (χ0v) is 22.4. The van der Waals surface area contributed by atoms with E-state index in [0.717, 1.165) is 68.0 Å². The number of anilines is 2. The Kier molecular flexibility index (Phi) is 7.20. The third kappa shape index (κ3) is 5.21. The van der Waals surface area contributed by atoms with Gasteiger partial charge in [-0.2, -0.15) is 9.97 Å². The number of amides is 1. The Balaban J connectivity index is 1.27. The van der Waals surface area contributed by atoms with E-state index < -0.39 is 0 Å². The quantitative estimate of drug-likeness (QED) is 0.475. The second-order valence-electron chi connectivity index (χ2n) is 10.6. The zero-order chi connectivity index (χ0) is 26.8. The molecule has 6 rings (SSSR count). The van der Waals surface area contributed by atoms with Gasteiger partial charge in [-0.05, 0) is 48.1 Å². The van der Waals surface area contributed by atoms with Crippen molar-refractivity contribution in [3.8, 4) is 6.01 Å². The number of fused-ring (bicyclic) bond motifs is 2. The number of nitrogens with two attached hydrogens (primary N) is 1. The van der Waals surface area contributed by atoms with Crippen LogP contribution >= 0.6 is 0 Å². The molecular weight excluding hydrogens is 488 g/mol. The molecule has 1 aromatic heterocycles. The fourth-order valence-electron chi connectivity index (χ4n) is 6.15. The molecule has 8 heteroatoms. The lowest BCUT2D eigenvalue weighted by molar-refractivity contribution is -0.126. The van der Waals surface area contributed by atoms with Crippen LogP contribution in [0.4, 0.5) is 11.5 Å². The Morgan fingerprint density at radius 1 is 1.03 bits per heavy atom. The number of carbonyl (C=O) groups excluding carboxylic acids is 1. The summed E-state index contributed by atoms with van der Waals surface area (Å²) >= 11 is 0. The molecule has 3 heterocycles. The molecule has 0 radical (unpaired) electrons. The smallest absolute Gasteiger partial charge is 0.318 e. The number of hydrogen-bond acceptors (Lipinski definition) is 7. The topological polar surface area (TPSA) is 87.8 Å². The summed E-state index contributed by atoms with van der Waals surface area (Å²) < 4.78 is 6.20. The molecule has 0 saturated carbocycles. The van der Waals surface area contributed by atoms with Crippen molar-refractivity contribution in [3.05, 3.63) is 89.1 Å². The number of ether oxygens (including phenoxy) is 1. The van der Waals surface area contributed by atoms with E-state index in [0.29, 0.717) is 38.3 Å². The predicted octanol–water partition coefficient (Wildman–Crippen LogP) is 3.27. The lowest BCUT2D eigenvalue weighted by Crippen LogP contribution is -2.49. The molecule has 2 aliphatic heterocycles. The molecule has 39 heavy (non-hydrogen) atoms. The van der Waals surface area contributed by atoms with E-state index in [1.807, 2.05) is 23.1 Å². The summed E-state index contributed by atoms with van der Waals surface area (Å²) in [6.07, 6.45) is 5.35. The summed E-state index contributed by atoms with van der Waals surface area (Å²) in [5.74, 6) is 0.938.